The number of amides is 2. The summed E-state index contributed by atoms with van der Waals surface area (Å²) in [4.78, 5) is 25.9. The SMILES string of the molecule is O=C(Nc1n[nH]c2sc(C(=O)Nc3ccccc3)cc12)c1ccc(F)cc1. The van der Waals surface area contributed by atoms with Crippen LogP contribution in [0.3, 0.4) is 0 Å². The average molecular weight is 380 g/mol. The van der Waals surface area contributed by atoms with Crippen molar-refractivity contribution in [3.05, 3.63) is 76.9 Å². The molecule has 0 aliphatic rings. The second kappa shape index (κ2) is 7.00. The normalized spacial score (nSPS) is 10.7. The van der Waals surface area contributed by atoms with Crippen molar-refractivity contribution in [2.24, 2.45) is 0 Å². The van der Waals surface area contributed by atoms with Gasteiger partial charge in [-0.2, -0.15) is 5.10 Å². The van der Waals surface area contributed by atoms with Gasteiger partial charge >= 0.3 is 0 Å². The van der Waals surface area contributed by atoms with Crippen molar-refractivity contribution in [3.8, 4) is 0 Å². The first-order chi connectivity index (χ1) is 13.1. The zero-order chi connectivity index (χ0) is 18.8. The van der Waals surface area contributed by atoms with Crippen LogP contribution < -0.4 is 10.6 Å². The zero-order valence-corrected chi connectivity index (χ0v) is 14.6. The minimum atomic E-state index is -0.416. The van der Waals surface area contributed by atoms with Crippen molar-refractivity contribution in [1.29, 1.82) is 0 Å². The van der Waals surface area contributed by atoms with E-state index in [-0.39, 0.29) is 5.91 Å². The van der Waals surface area contributed by atoms with Crippen LogP contribution in [0.4, 0.5) is 15.9 Å². The number of carbonyl (C=O) groups excluding carboxylic acids is 2. The quantitative estimate of drug-likeness (QED) is 0.494. The van der Waals surface area contributed by atoms with E-state index in [2.05, 4.69) is 20.8 Å². The summed E-state index contributed by atoms with van der Waals surface area (Å²) in [5.74, 6) is -0.758. The summed E-state index contributed by atoms with van der Waals surface area (Å²) in [6, 6.07) is 16.0. The molecule has 2 amide bonds. The Balaban J connectivity index is 1.54. The number of aromatic amines is 1. The number of rotatable bonds is 4. The number of benzene rings is 2. The Morgan fingerprint density at radius 3 is 2.44 bits per heavy atom. The fourth-order valence-electron chi connectivity index (χ4n) is 2.52. The molecule has 134 valence electrons. The van der Waals surface area contributed by atoms with Gasteiger partial charge in [0.1, 0.15) is 10.6 Å². The summed E-state index contributed by atoms with van der Waals surface area (Å²) in [5.41, 5.74) is 1.01. The van der Waals surface area contributed by atoms with E-state index in [1.165, 1.54) is 35.6 Å². The molecule has 2 aromatic heterocycles. The summed E-state index contributed by atoms with van der Waals surface area (Å²) in [6.45, 7) is 0. The summed E-state index contributed by atoms with van der Waals surface area (Å²) in [5, 5.41) is 13.0. The van der Waals surface area contributed by atoms with Gasteiger partial charge < -0.3 is 10.6 Å². The molecular weight excluding hydrogens is 367 g/mol. The van der Waals surface area contributed by atoms with Gasteiger partial charge in [-0.15, -0.1) is 11.3 Å². The maximum atomic E-state index is 13.0. The number of thiophene rings is 1. The lowest BCUT2D eigenvalue weighted by Gasteiger charge is -2.03. The molecule has 2 aromatic carbocycles. The number of aromatic nitrogens is 2. The van der Waals surface area contributed by atoms with Gasteiger partial charge in [0.25, 0.3) is 11.8 Å². The van der Waals surface area contributed by atoms with Gasteiger partial charge in [-0.25, -0.2) is 4.39 Å². The predicted molar refractivity (Wildman–Crippen MR) is 103 cm³/mol. The first-order valence-corrected chi connectivity index (χ1v) is 8.83. The van der Waals surface area contributed by atoms with Crippen LogP contribution in [-0.2, 0) is 0 Å². The van der Waals surface area contributed by atoms with Gasteiger partial charge in [-0.1, -0.05) is 18.2 Å². The Hall–Kier alpha value is -3.52. The molecule has 0 aliphatic heterocycles. The zero-order valence-electron chi connectivity index (χ0n) is 13.8. The number of fused-ring (bicyclic) bond motifs is 1. The molecule has 0 spiro atoms. The summed E-state index contributed by atoms with van der Waals surface area (Å²) >= 11 is 1.24. The number of para-hydroxylation sites is 1. The predicted octanol–water partition coefficient (Wildman–Crippen LogP) is 4.27. The lowest BCUT2D eigenvalue weighted by Crippen LogP contribution is -2.12. The number of anilines is 2. The molecular formula is C19H13FN4O2S. The Labute approximate surface area is 157 Å². The molecule has 4 aromatic rings. The summed E-state index contributed by atoms with van der Waals surface area (Å²) in [7, 11) is 0. The second-order valence-corrected chi connectivity index (χ2v) is 6.76. The second-order valence-electron chi connectivity index (χ2n) is 5.71. The molecule has 0 unspecified atom stereocenters. The van der Waals surface area contributed by atoms with Gasteiger partial charge in [0, 0.05) is 11.3 Å². The van der Waals surface area contributed by atoms with Crippen LogP contribution in [0.5, 0.6) is 0 Å². The maximum absolute atomic E-state index is 13.0. The van der Waals surface area contributed by atoms with E-state index < -0.39 is 11.7 Å². The third-order valence-corrected chi connectivity index (χ3v) is 4.89. The van der Waals surface area contributed by atoms with E-state index in [0.29, 0.717) is 32.2 Å². The molecule has 0 saturated heterocycles. The third kappa shape index (κ3) is 3.56. The Kier molecular flexibility index (Phi) is 4.39. The molecule has 0 bridgehead atoms. The van der Waals surface area contributed by atoms with Crippen LogP contribution in [0.15, 0.2) is 60.7 Å². The van der Waals surface area contributed by atoms with Crippen LogP contribution in [0, 0.1) is 5.82 Å². The van der Waals surface area contributed by atoms with E-state index in [0.717, 1.165) is 0 Å². The highest BCUT2D eigenvalue weighted by atomic mass is 32.1. The molecule has 0 radical (unpaired) electrons. The summed E-state index contributed by atoms with van der Waals surface area (Å²) in [6.07, 6.45) is 0. The van der Waals surface area contributed by atoms with Crippen molar-refractivity contribution in [3.63, 3.8) is 0 Å². The number of H-pyrrole nitrogens is 1. The highest BCUT2D eigenvalue weighted by Gasteiger charge is 2.17. The van der Waals surface area contributed by atoms with E-state index in [4.69, 9.17) is 0 Å². The van der Waals surface area contributed by atoms with Crippen LogP contribution in [0.25, 0.3) is 10.2 Å². The van der Waals surface area contributed by atoms with Gasteiger partial charge in [-0.05, 0) is 42.5 Å². The fraction of sp³-hybridized carbons (Fsp3) is 0. The molecule has 0 saturated carbocycles. The highest BCUT2D eigenvalue weighted by Crippen LogP contribution is 2.30. The van der Waals surface area contributed by atoms with Crippen molar-refractivity contribution in [2.45, 2.75) is 0 Å². The van der Waals surface area contributed by atoms with Gasteiger partial charge in [-0.3, -0.25) is 14.7 Å². The minimum Gasteiger partial charge on any atom is -0.321 e. The number of hydrogen-bond donors (Lipinski definition) is 3. The number of carbonyl (C=O) groups is 2. The molecule has 3 N–H and O–H groups in total. The first-order valence-electron chi connectivity index (χ1n) is 8.01. The molecule has 4 rings (SSSR count). The smallest absolute Gasteiger partial charge is 0.265 e. The number of nitrogens with zero attached hydrogens (tertiary/aromatic N) is 1. The van der Waals surface area contributed by atoms with Crippen LogP contribution in [0.2, 0.25) is 0 Å². The van der Waals surface area contributed by atoms with Gasteiger partial charge in [0.05, 0.1) is 10.3 Å². The summed E-state index contributed by atoms with van der Waals surface area (Å²) < 4.78 is 13.0. The monoisotopic (exact) mass is 380 g/mol. The molecule has 6 nitrogen and oxygen atoms in total. The van der Waals surface area contributed by atoms with E-state index in [1.807, 2.05) is 18.2 Å². The van der Waals surface area contributed by atoms with Crippen LogP contribution in [0.1, 0.15) is 20.0 Å². The lowest BCUT2D eigenvalue weighted by atomic mass is 10.2. The van der Waals surface area contributed by atoms with Crippen LogP contribution in [-0.4, -0.2) is 22.0 Å². The minimum absolute atomic E-state index is 0.244. The Morgan fingerprint density at radius 2 is 1.70 bits per heavy atom. The third-order valence-electron chi connectivity index (χ3n) is 3.85. The van der Waals surface area contributed by atoms with Gasteiger partial charge in [0.2, 0.25) is 0 Å². The average Bonchev–Trinajstić information content (AvgIpc) is 3.25. The van der Waals surface area contributed by atoms with Crippen molar-refractivity contribution in [1.82, 2.24) is 10.2 Å². The number of nitrogens with one attached hydrogen (secondary N) is 3. The molecule has 8 heteroatoms. The van der Waals surface area contributed by atoms with E-state index in [1.54, 1.807) is 18.2 Å². The van der Waals surface area contributed by atoms with Crippen molar-refractivity contribution < 1.29 is 14.0 Å². The molecule has 0 fully saturated rings. The van der Waals surface area contributed by atoms with E-state index >= 15 is 0 Å². The van der Waals surface area contributed by atoms with Crippen molar-refractivity contribution in [2.75, 3.05) is 10.6 Å². The molecule has 2 heterocycles. The molecule has 0 aliphatic carbocycles. The lowest BCUT2D eigenvalue weighted by molar-refractivity contribution is 0.102. The number of halogens is 1. The fourth-order valence-corrected chi connectivity index (χ4v) is 3.42. The molecule has 27 heavy (non-hydrogen) atoms. The standard InChI is InChI=1S/C19H13FN4O2S/c20-12-8-6-11(7-9-12)17(25)22-16-14-10-15(27-19(14)24-23-16)18(26)21-13-4-2-1-3-5-13/h1-10H,(H,21,26)(H2,22,23,24,25). The Morgan fingerprint density at radius 1 is 0.963 bits per heavy atom. The highest BCUT2D eigenvalue weighted by molar-refractivity contribution is 7.20. The Bertz CT molecular complexity index is 1120. The van der Waals surface area contributed by atoms with Crippen LogP contribution >= 0.6 is 11.3 Å². The van der Waals surface area contributed by atoms with Crippen molar-refractivity contribution >= 4 is 44.9 Å². The number of hydrogen-bond acceptors (Lipinski definition) is 4. The first kappa shape index (κ1) is 16.9. The maximum Gasteiger partial charge on any atom is 0.265 e. The van der Waals surface area contributed by atoms with E-state index in [9.17, 15) is 14.0 Å². The van der Waals surface area contributed by atoms with Gasteiger partial charge in [0.15, 0.2) is 5.82 Å². The molecule has 0 atom stereocenters. The largest absolute Gasteiger partial charge is 0.321 e. The topological polar surface area (TPSA) is 86.9 Å².